The van der Waals surface area contributed by atoms with Crippen LogP contribution in [0.3, 0.4) is 0 Å². The van der Waals surface area contributed by atoms with Crippen LogP contribution < -0.4 is 4.74 Å². The number of rotatable bonds is 4. The fourth-order valence-corrected chi connectivity index (χ4v) is 3.37. The Labute approximate surface area is 136 Å². The van der Waals surface area contributed by atoms with Crippen LogP contribution in [0, 0.1) is 0 Å². The summed E-state index contributed by atoms with van der Waals surface area (Å²) in [7, 11) is 1.66. The summed E-state index contributed by atoms with van der Waals surface area (Å²) >= 11 is 13.7. The summed E-state index contributed by atoms with van der Waals surface area (Å²) in [5.74, 6) is 1.57. The highest BCUT2D eigenvalue weighted by atomic mass is 35.5. The van der Waals surface area contributed by atoms with Crippen LogP contribution in [0.2, 0.25) is 10.0 Å². The van der Waals surface area contributed by atoms with E-state index in [0.29, 0.717) is 15.7 Å². The molecule has 2 heterocycles. The molecule has 0 bridgehead atoms. The smallest absolute Gasteiger partial charge is 0.196 e. The summed E-state index contributed by atoms with van der Waals surface area (Å²) in [6.45, 7) is 0. The molecule has 0 aliphatic rings. The Bertz CT molecular complexity index is 791. The van der Waals surface area contributed by atoms with Crippen molar-refractivity contribution < 1.29 is 4.74 Å². The van der Waals surface area contributed by atoms with Gasteiger partial charge in [0.2, 0.25) is 0 Å². The van der Waals surface area contributed by atoms with Gasteiger partial charge in [-0.25, -0.2) is 0 Å². The molecule has 0 amide bonds. The van der Waals surface area contributed by atoms with E-state index in [1.54, 1.807) is 35.5 Å². The van der Waals surface area contributed by atoms with Gasteiger partial charge in [-0.3, -0.25) is 4.40 Å². The van der Waals surface area contributed by atoms with E-state index in [0.717, 1.165) is 22.2 Å². The maximum Gasteiger partial charge on any atom is 0.196 e. The highest BCUT2D eigenvalue weighted by molar-refractivity contribution is 7.98. The second-order valence-corrected chi connectivity index (χ2v) is 6.07. The lowest BCUT2D eigenvalue weighted by molar-refractivity contribution is 0.411. The van der Waals surface area contributed by atoms with E-state index < -0.39 is 0 Å². The van der Waals surface area contributed by atoms with Crippen molar-refractivity contribution in [3.05, 3.63) is 52.1 Å². The van der Waals surface area contributed by atoms with E-state index in [9.17, 15) is 0 Å². The summed E-state index contributed by atoms with van der Waals surface area (Å²) in [4.78, 5) is 0. The van der Waals surface area contributed by atoms with Crippen LogP contribution >= 0.6 is 35.0 Å². The van der Waals surface area contributed by atoms with Gasteiger partial charge in [0.15, 0.2) is 10.8 Å². The Morgan fingerprint density at radius 1 is 1.24 bits per heavy atom. The molecule has 108 valence electrons. The first kappa shape index (κ1) is 14.5. The highest BCUT2D eigenvalue weighted by Crippen LogP contribution is 2.29. The zero-order valence-electron chi connectivity index (χ0n) is 11.1. The standard InChI is InChI=1S/C14H11Cl2N3OS/c1-20-12-5-3-2-4-9(12)8-21-14-18-17-13-11(16)6-10(15)7-19(13)14/h2-7H,8H2,1H3. The topological polar surface area (TPSA) is 39.4 Å². The summed E-state index contributed by atoms with van der Waals surface area (Å²) in [5.41, 5.74) is 1.69. The summed E-state index contributed by atoms with van der Waals surface area (Å²) in [6, 6.07) is 9.54. The second-order valence-electron chi connectivity index (χ2n) is 4.28. The molecule has 0 N–H and O–H groups in total. The molecule has 4 nitrogen and oxygen atoms in total. The van der Waals surface area contributed by atoms with Gasteiger partial charge in [0.1, 0.15) is 5.75 Å². The van der Waals surface area contributed by atoms with Crippen molar-refractivity contribution in [2.75, 3.05) is 7.11 Å². The first-order valence-corrected chi connectivity index (χ1v) is 7.87. The number of para-hydroxylation sites is 1. The molecule has 0 spiro atoms. The van der Waals surface area contributed by atoms with E-state index in [-0.39, 0.29) is 0 Å². The fraction of sp³-hybridized carbons (Fsp3) is 0.143. The van der Waals surface area contributed by atoms with Gasteiger partial charge in [-0.1, -0.05) is 53.2 Å². The Balaban J connectivity index is 1.89. The molecule has 0 radical (unpaired) electrons. The van der Waals surface area contributed by atoms with Crippen molar-refractivity contribution in [1.29, 1.82) is 0 Å². The van der Waals surface area contributed by atoms with Crippen LogP contribution in [0.1, 0.15) is 5.56 Å². The van der Waals surface area contributed by atoms with Crippen LogP contribution in [0.25, 0.3) is 5.65 Å². The Morgan fingerprint density at radius 3 is 2.86 bits per heavy atom. The molecule has 0 saturated heterocycles. The monoisotopic (exact) mass is 339 g/mol. The zero-order chi connectivity index (χ0) is 14.8. The lowest BCUT2D eigenvalue weighted by Gasteiger charge is -2.07. The number of hydrogen-bond acceptors (Lipinski definition) is 4. The van der Waals surface area contributed by atoms with Crippen LogP contribution in [-0.4, -0.2) is 21.7 Å². The number of pyridine rings is 1. The maximum absolute atomic E-state index is 6.10. The largest absolute Gasteiger partial charge is 0.496 e. The number of aromatic nitrogens is 3. The molecule has 0 aliphatic heterocycles. The molecule has 0 unspecified atom stereocenters. The van der Waals surface area contributed by atoms with Crippen LogP contribution in [0.15, 0.2) is 41.7 Å². The van der Waals surface area contributed by atoms with Gasteiger partial charge in [0.05, 0.1) is 17.2 Å². The number of thioether (sulfide) groups is 1. The molecular formula is C14H11Cl2N3OS. The normalized spacial score (nSPS) is 11.0. The molecule has 21 heavy (non-hydrogen) atoms. The molecular weight excluding hydrogens is 329 g/mol. The van der Waals surface area contributed by atoms with Gasteiger partial charge < -0.3 is 4.74 Å². The Kier molecular flexibility index (Phi) is 4.24. The summed E-state index contributed by atoms with van der Waals surface area (Å²) in [5, 5.41) is 10.0. The molecule has 3 aromatic rings. The minimum atomic E-state index is 0.485. The predicted octanol–water partition coefficient (Wildman–Crippen LogP) is 4.34. The average Bonchev–Trinajstić information content (AvgIpc) is 2.88. The van der Waals surface area contributed by atoms with E-state index in [1.165, 1.54) is 0 Å². The van der Waals surface area contributed by atoms with Gasteiger partial charge in [0.25, 0.3) is 0 Å². The number of halogens is 2. The Morgan fingerprint density at radius 2 is 2.05 bits per heavy atom. The lowest BCUT2D eigenvalue weighted by atomic mass is 10.2. The lowest BCUT2D eigenvalue weighted by Crippen LogP contribution is -1.92. The van der Waals surface area contributed by atoms with Crippen molar-refractivity contribution >= 4 is 40.6 Å². The van der Waals surface area contributed by atoms with Crippen molar-refractivity contribution in [1.82, 2.24) is 14.6 Å². The van der Waals surface area contributed by atoms with E-state index in [1.807, 2.05) is 24.3 Å². The van der Waals surface area contributed by atoms with Crippen molar-refractivity contribution in [3.63, 3.8) is 0 Å². The SMILES string of the molecule is COc1ccccc1CSc1nnc2c(Cl)cc(Cl)cn12. The minimum absolute atomic E-state index is 0.485. The van der Waals surface area contributed by atoms with Crippen molar-refractivity contribution in [2.45, 2.75) is 10.9 Å². The molecule has 1 aromatic carbocycles. The van der Waals surface area contributed by atoms with E-state index in [4.69, 9.17) is 27.9 Å². The van der Waals surface area contributed by atoms with Gasteiger partial charge >= 0.3 is 0 Å². The summed E-state index contributed by atoms with van der Waals surface area (Å²) < 4.78 is 7.14. The summed E-state index contributed by atoms with van der Waals surface area (Å²) in [6.07, 6.45) is 1.76. The molecule has 7 heteroatoms. The van der Waals surface area contributed by atoms with Gasteiger partial charge in [-0.2, -0.15) is 0 Å². The fourth-order valence-electron chi connectivity index (χ4n) is 1.97. The van der Waals surface area contributed by atoms with Gasteiger partial charge in [-0.15, -0.1) is 10.2 Å². The second kappa shape index (κ2) is 6.13. The third-order valence-electron chi connectivity index (χ3n) is 2.94. The van der Waals surface area contributed by atoms with E-state index in [2.05, 4.69) is 10.2 Å². The van der Waals surface area contributed by atoms with E-state index >= 15 is 0 Å². The van der Waals surface area contributed by atoms with Gasteiger partial charge in [-0.05, 0) is 12.1 Å². The average molecular weight is 340 g/mol. The zero-order valence-corrected chi connectivity index (χ0v) is 13.4. The number of hydrogen-bond donors (Lipinski definition) is 0. The van der Waals surface area contributed by atoms with Crippen molar-refractivity contribution in [2.24, 2.45) is 0 Å². The van der Waals surface area contributed by atoms with Crippen LogP contribution in [-0.2, 0) is 5.75 Å². The Hall–Kier alpha value is -1.43. The molecule has 0 atom stereocenters. The number of fused-ring (bicyclic) bond motifs is 1. The van der Waals surface area contributed by atoms with Crippen LogP contribution in [0.4, 0.5) is 0 Å². The maximum atomic E-state index is 6.10. The van der Waals surface area contributed by atoms with Crippen molar-refractivity contribution in [3.8, 4) is 5.75 Å². The highest BCUT2D eigenvalue weighted by Gasteiger charge is 2.11. The predicted molar refractivity (Wildman–Crippen MR) is 85.6 cm³/mol. The molecule has 0 saturated carbocycles. The van der Waals surface area contributed by atoms with Gasteiger partial charge in [0, 0.05) is 17.5 Å². The molecule has 0 fully saturated rings. The molecule has 3 rings (SSSR count). The first-order chi connectivity index (χ1) is 10.2. The number of benzene rings is 1. The quantitative estimate of drug-likeness (QED) is 0.663. The number of methoxy groups -OCH3 is 1. The first-order valence-electron chi connectivity index (χ1n) is 6.13. The molecule has 2 aromatic heterocycles. The number of ether oxygens (including phenoxy) is 1. The minimum Gasteiger partial charge on any atom is -0.496 e. The number of nitrogens with zero attached hydrogens (tertiary/aromatic N) is 3. The molecule has 0 aliphatic carbocycles. The third-order valence-corrected chi connectivity index (χ3v) is 4.42. The van der Waals surface area contributed by atoms with Crippen LogP contribution in [0.5, 0.6) is 5.75 Å². The third kappa shape index (κ3) is 2.95.